The molecular weight excluding hydrogens is 254 g/mol. The first-order valence-corrected chi connectivity index (χ1v) is 7.80. The molecule has 1 fully saturated rings. The molecule has 0 spiro atoms. The number of amides is 1. The zero-order chi connectivity index (χ0) is 13.6. The highest BCUT2D eigenvalue weighted by Gasteiger charge is 2.22. The van der Waals surface area contributed by atoms with Crippen LogP contribution in [0.3, 0.4) is 0 Å². The number of nitriles is 1. The van der Waals surface area contributed by atoms with Gasteiger partial charge in [-0.3, -0.25) is 4.79 Å². The third-order valence-electron chi connectivity index (χ3n) is 3.06. The van der Waals surface area contributed by atoms with Crippen LogP contribution >= 0.6 is 0 Å². The number of sulfone groups is 1. The summed E-state index contributed by atoms with van der Waals surface area (Å²) in [6.07, 6.45) is 0.714. The Kier molecular flexibility index (Phi) is 5.56. The summed E-state index contributed by atoms with van der Waals surface area (Å²) < 4.78 is 22.5. The van der Waals surface area contributed by atoms with Crippen LogP contribution < -0.4 is 0 Å². The molecule has 0 aromatic rings. The van der Waals surface area contributed by atoms with E-state index in [-0.39, 0.29) is 17.4 Å². The first kappa shape index (κ1) is 14.9. The van der Waals surface area contributed by atoms with Crippen LogP contribution in [0.15, 0.2) is 0 Å². The van der Waals surface area contributed by atoms with Gasteiger partial charge in [-0.05, 0) is 0 Å². The molecule has 7 heteroatoms. The smallest absolute Gasteiger partial charge is 0.223 e. The monoisotopic (exact) mass is 273 g/mol. The van der Waals surface area contributed by atoms with Crippen LogP contribution in [0.25, 0.3) is 0 Å². The summed E-state index contributed by atoms with van der Waals surface area (Å²) in [5.41, 5.74) is 0. The molecule has 0 aromatic heterocycles. The second-order valence-electron chi connectivity index (χ2n) is 4.47. The zero-order valence-corrected chi connectivity index (χ0v) is 11.4. The van der Waals surface area contributed by atoms with Crippen LogP contribution in [0.2, 0.25) is 0 Å². The van der Waals surface area contributed by atoms with E-state index in [0.29, 0.717) is 39.0 Å². The van der Waals surface area contributed by atoms with Crippen LogP contribution in [-0.4, -0.2) is 68.9 Å². The summed E-state index contributed by atoms with van der Waals surface area (Å²) in [6, 6.07) is 2.00. The molecule has 1 aliphatic rings. The maximum atomic E-state index is 11.7. The minimum absolute atomic E-state index is 0.00122. The van der Waals surface area contributed by atoms with Gasteiger partial charge in [0.2, 0.25) is 5.91 Å². The van der Waals surface area contributed by atoms with Crippen molar-refractivity contribution in [3.8, 4) is 6.07 Å². The van der Waals surface area contributed by atoms with Crippen LogP contribution in [0.5, 0.6) is 0 Å². The maximum absolute atomic E-state index is 11.7. The molecule has 102 valence electrons. The van der Waals surface area contributed by atoms with Gasteiger partial charge in [-0.25, -0.2) is 8.42 Å². The van der Waals surface area contributed by atoms with Crippen LogP contribution in [0, 0.1) is 11.3 Å². The standard InChI is InChI=1S/C11H19N3O3S/c1-13(5-2-4-12)11(15)3-6-14-7-9-18(16,17)10-8-14/h2-3,5-10H2,1H3. The molecular formula is C11H19N3O3S. The van der Waals surface area contributed by atoms with Crippen molar-refractivity contribution in [3.05, 3.63) is 0 Å². The fourth-order valence-electron chi connectivity index (χ4n) is 1.76. The largest absolute Gasteiger partial charge is 0.345 e. The van der Waals surface area contributed by atoms with E-state index in [9.17, 15) is 13.2 Å². The molecule has 0 radical (unpaired) electrons. The van der Waals surface area contributed by atoms with Crippen LogP contribution in [-0.2, 0) is 14.6 Å². The van der Waals surface area contributed by atoms with E-state index in [1.807, 2.05) is 11.0 Å². The first-order chi connectivity index (χ1) is 8.44. The van der Waals surface area contributed by atoms with Gasteiger partial charge in [0.05, 0.1) is 24.0 Å². The van der Waals surface area contributed by atoms with Crippen molar-refractivity contribution < 1.29 is 13.2 Å². The summed E-state index contributed by atoms with van der Waals surface area (Å²) in [6.45, 7) is 2.06. The van der Waals surface area contributed by atoms with Crippen molar-refractivity contribution in [2.24, 2.45) is 0 Å². The number of hydrogen-bond acceptors (Lipinski definition) is 5. The lowest BCUT2D eigenvalue weighted by atomic mass is 10.3. The molecule has 0 aliphatic carbocycles. The van der Waals surface area contributed by atoms with E-state index in [4.69, 9.17) is 5.26 Å². The summed E-state index contributed by atoms with van der Waals surface area (Å²) in [4.78, 5) is 15.2. The van der Waals surface area contributed by atoms with E-state index >= 15 is 0 Å². The molecule has 18 heavy (non-hydrogen) atoms. The number of nitrogens with zero attached hydrogens (tertiary/aromatic N) is 3. The summed E-state index contributed by atoms with van der Waals surface area (Å²) >= 11 is 0. The van der Waals surface area contributed by atoms with Crippen molar-refractivity contribution in [1.82, 2.24) is 9.80 Å². The Morgan fingerprint density at radius 2 is 2.00 bits per heavy atom. The second-order valence-corrected chi connectivity index (χ2v) is 6.77. The molecule has 1 amide bonds. The van der Waals surface area contributed by atoms with Gasteiger partial charge in [0, 0.05) is 39.6 Å². The summed E-state index contributed by atoms with van der Waals surface area (Å²) in [5, 5.41) is 8.43. The van der Waals surface area contributed by atoms with E-state index in [1.165, 1.54) is 0 Å². The molecule has 0 saturated carbocycles. The first-order valence-electron chi connectivity index (χ1n) is 5.98. The molecule has 1 heterocycles. The second kappa shape index (κ2) is 6.71. The lowest BCUT2D eigenvalue weighted by Gasteiger charge is -2.26. The Morgan fingerprint density at radius 3 is 2.56 bits per heavy atom. The Labute approximate surface area is 108 Å². The van der Waals surface area contributed by atoms with Gasteiger partial charge in [-0.1, -0.05) is 0 Å². The lowest BCUT2D eigenvalue weighted by Crippen LogP contribution is -2.42. The molecule has 0 N–H and O–H groups in total. The van der Waals surface area contributed by atoms with Crippen molar-refractivity contribution in [2.45, 2.75) is 12.8 Å². The highest BCUT2D eigenvalue weighted by Crippen LogP contribution is 2.05. The Balaban J connectivity index is 2.25. The number of carbonyl (C=O) groups excluding carboxylic acids is 1. The van der Waals surface area contributed by atoms with Crippen LogP contribution in [0.1, 0.15) is 12.8 Å². The van der Waals surface area contributed by atoms with E-state index < -0.39 is 9.84 Å². The molecule has 1 aliphatic heterocycles. The molecule has 0 bridgehead atoms. The number of carbonyl (C=O) groups is 1. The minimum Gasteiger partial charge on any atom is -0.345 e. The molecule has 1 rings (SSSR count). The SMILES string of the molecule is CN(CCC#N)C(=O)CCN1CCS(=O)(=O)CC1. The summed E-state index contributed by atoms with van der Waals surface area (Å²) in [7, 11) is -1.17. The van der Waals surface area contributed by atoms with Gasteiger partial charge < -0.3 is 9.80 Å². The van der Waals surface area contributed by atoms with Gasteiger partial charge in [0.25, 0.3) is 0 Å². The Bertz CT molecular complexity index is 413. The minimum atomic E-state index is -2.86. The van der Waals surface area contributed by atoms with E-state index in [2.05, 4.69) is 0 Å². The number of hydrogen-bond donors (Lipinski definition) is 0. The fraction of sp³-hybridized carbons (Fsp3) is 0.818. The third-order valence-corrected chi connectivity index (χ3v) is 4.67. The van der Waals surface area contributed by atoms with Gasteiger partial charge in [0.15, 0.2) is 9.84 Å². The molecule has 0 aromatic carbocycles. The Hall–Kier alpha value is -1.13. The predicted molar refractivity (Wildman–Crippen MR) is 67.6 cm³/mol. The lowest BCUT2D eigenvalue weighted by molar-refractivity contribution is -0.130. The highest BCUT2D eigenvalue weighted by molar-refractivity contribution is 7.91. The van der Waals surface area contributed by atoms with Gasteiger partial charge >= 0.3 is 0 Å². The fourth-order valence-corrected chi connectivity index (χ4v) is 3.04. The van der Waals surface area contributed by atoms with Gasteiger partial charge in [-0.2, -0.15) is 5.26 Å². The highest BCUT2D eigenvalue weighted by atomic mass is 32.2. The van der Waals surface area contributed by atoms with E-state index in [1.54, 1.807) is 11.9 Å². The molecule has 6 nitrogen and oxygen atoms in total. The van der Waals surface area contributed by atoms with Crippen LogP contribution in [0.4, 0.5) is 0 Å². The van der Waals surface area contributed by atoms with Crippen molar-refractivity contribution >= 4 is 15.7 Å². The van der Waals surface area contributed by atoms with Gasteiger partial charge in [-0.15, -0.1) is 0 Å². The topological polar surface area (TPSA) is 81.5 Å². The van der Waals surface area contributed by atoms with E-state index in [0.717, 1.165) is 0 Å². The zero-order valence-electron chi connectivity index (χ0n) is 10.6. The molecule has 1 saturated heterocycles. The van der Waals surface area contributed by atoms with Crippen molar-refractivity contribution in [1.29, 1.82) is 5.26 Å². The predicted octanol–water partition coefficient (Wildman–Crippen LogP) is -0.521. The normalized spacial score (nSPS) is 19.1. The average Bonchev–Trinajstić information content (AvgIpc) is 2.34. The number of rotatable bonds is 5. The van der Waals surface area contributed by atoms with Gasteiger partial charge in [0.1, 0.15) is 0 Å². The molecule has 0 atom stereocenters. The quantitative estimate of drug-likeness (QED) is 0.673. The average molecular weight is 273 g/mol. The van der Waals surface area contributed by atoms with Crippen molar-refractivity contribution in [3.63, 3.8) is 0 Å². The summed E-state index contributed by atoms with van der Waals surface area (Å²) in [5.74, 6) is 0.371. The Morgan fingerprint density at radius 1 is 1.39 bits per heavy atom. The maximum Gasteiger partial charge on any atom is 0.223 e. The third kappa shape index (κ3) is 5.02. The van der Waals surface area contributed by atoms with Crippen molar-refractivity contribution in [2.75, 3.05) is 44.7 Å². The molecule has 0 unspecified atom stereocenters.